The first-order valence-electron chi connectivity index (χ1n) is 8.14. The van der Waals surface area contributed by atoms with Crippen LogP contribution in [0.4, 0.5) is 21.9 Å². The number of halogens is 3. The van der Waals surface area contributed by atoms with Crippen molar-refractivity contribution in [1.29, 1.82) is 0 Å². The van der Waals surface area contributed by atoms with Gasteiger partial charge in [-0.1, -0.05) is 34.8 Å². The summed E-state index contributed by atoms with van der Waals surface area (Å²) in [5.41, 5.74) is 1.19. The molecule has 0 heterocycles. The Morgan fingerprint density at radius 2 is 1.24 bits per heavy atom. The average molecular weight is 471 g/mol. The predicted molar refractivity (Wildman–Crippen MR) is 118 cm³/mol. The van der Waals surface area contributed by atoms with Gasteiger partial charge in [0, 0.05) is 21.4 Å². The topological polar surface area (TPSA) is 87.3 Å². The average Bonchev–Trinajstić information content (AvgIpc) is 2.66. The third kappa shape index (κ3) is 5.77. The van der Waals surface area contributed by atoms with Crippen molar-refractivity contribution in [1.82, 2.24) is 0 Å². The van der Waals surface area contributed by atoms with E-state index >= 15 is 0 Å². The molecule has 29 heavy (non-hydrogen) atoms. The van der Waals surface area contributed by atoms with Gasteiger partial charge in [0.2, 0.25) is 0 Å². The number of carbonyl (C=O) groups is 1. The molecule has 0 radical (unpaired) electrons. The fourth-order valence-electron chi connectivity index (χ4n) is 2.32. The van der Waals surface area contributed by atoms with E-state index in [1.165, 1.54) is 42.5 Å². The number of hydrogen-bond acceptors (Lipinski definition) is 3. The Labute approximate surface area is 182 Å². The summed E-state index contributed by atoms with van der Waals surface area (Å²) in [6.07, 6.45) is 0. The van der Waals surface area contributed by atoms with E-state index in [2.05, 4.69) is 15.4 Å². The molecule has 0 aliphatic rings. The fourth-order valence-corrected chi connectivity index (χ4v) is 4.04. The van der Waals surface area contributed by atoms with Gasteiger partial charge in [0.15, 0.2) is 0 Å². The van der Waals surface area contributed by atoms with Crippen LogP contribution in [-0.4, -0.2) is 14.4 Å². The minimum absolute atomic E-state index is 0.00664. The molecule has 3 aromatic rings. The molecule has 0 unspecified atom stereocenters. The summed E-state index contributed by atoms with van der Waals surface area (Å²) in [5.74, 6) is 0. The minimum Gasteiger partial charge on any atom is -0.308 e. The molecule has 0 aromatic heterocycles. The normalized spacial score (nSPS) is 11.0. The first-order valence-corrected chi connectivity index (χ1v) is 10.8. The van der Waals surface area contributed by atoms with Crippen LogP contribution in [0, 0.1) is 0 Å². The molecule has 2 amide bonds. The highest BCUT2D eigenvalue weighted by atomic mass is 35.5. The van der Waals surface area contributed by atoms with E-state index in [4.69, 9.17) is 34.8 Å². The Morgan fingerprint density at radius 3 is 1.79 bits per heavy atom. The maximum atomic E-state index is 12.5. The van der Waals surface area contributed by atoms with E-state index in [0.29, 0.717) is 21.4 Å². The zero-order valence-electron chi connectivity index (χ0n) is 14.6. The Hall–Kier alpha value is -2.45. The molecule has 3 rings (SSSR count). The highest BCUT2D eigenvalue weighted by Gasteiger charge is 2.16. The summed E-state index contributed by atoms with van der Waals surface area (Å²) in [4.78, 5) is 12.1. The molecule has 150 valence electrons. The fraction of sp³-hybridized carbons (Fsp3) is 0. The molecular formula is C19H14Cl3N3O3S. The number of amides is 2. The first-order chi connectivity index (χ1) is 13.7. The molecule has 0 spiro atoms. The summed E-state index contributed by atoms with van der Waals surface area (Å²) < 4.78 is 27.5. The molecule has 0 fully saturated rings. The smallest absolute Gasteiger partial charge is 0.308 e. The number of carbonyl (C=O) groups excluding carboxylic acids is 1. The summed E-state index contributed by atoms with van der Waals surface area (Å²) in [5, 5.41) is 6.39. The lowest BCUT2D eigenvalue weighted by atomic mass is 10.3. The number of benzene rings is 3. The second-order valence-electron chi connectivity index (χ2n) is 5.84. The van der Waals surface area contributed by atoms with Crippen molar-refractivity contribution in [2.24, 2.45) is 0 Å². The number of anilines is 3. The molecule has 0 aliphatic carbocycles. The van der Waals surface area contributed by atoms with Crippen LogP contribution in [0.15, 0.2) is 71.6 Å². The molecule has 0 aliphatic heterocycles. The van der Waals surface area contributed by atoms with E-state index in [1.54, 1.807) is 24.3 Å². The van der Waals surface area contributed by atoms with Crippen LogP contribution >= 0.6 is 34.8 Å². The van der Waals surface area contributed by atoms with Crippen LogP contribution in [0.25, 0.3) is 0 Å². The van der Waals surface area contributed by atoms with Gasteiger partial charge >= 0.3 is 6.03 Å². The van der Waals surface area contributed by atoms with Gasteiger partial charge < -0.3 is 10.6 Å². The van der Waals surface area contributed by atoms with Crippen molar-refractivity contribution >= 4 is 67.9 Å². The van der Waals surface area contributed by atoms with Crippen molar-refractivity contribution < 1.29 is 13.2 Å². The molecule has 6 nitrogen and oxygen atoms in total. The van der Waals surface area contributed by atoms with Gasteiger partial charge in [0.05, 0.1) is 15.6 Å². The van der Waals surface area contributed by atoms with E-state index in [1.807, 2.05) is 0 Å². The van der Waals surface area contributed by atoms with Crippen LogP contribution < -0.4 is 15.4 Å². The van der Waals surface area contributed by atoms with Crippen LogP contribution in [0.1, 0.15) is 0 Å². The molecule has 3 N–H and O–H groups in total. The summed E-state index contributed by atoms with van der Waals surface area (Å²) in [7, 11) is -3.86. The molecule has 0 atom stereocenters. The molecule has 0 saturated carbocycles. The number of sulfonamides is 1. The van der Waals surface area contributed by atoms with Gasteiger partial charge in [0.25, 0.3) is 10.0 Å². The van der Waals surface area contributed by atoms with Crippen molar-refractivity contribution in [2.75, 3.05) is 15.4 Å². The van der Waals surface area contributed by atoms with Crippen molar-refractivity contribution in [3.63, 3.8) is 0 Å². The lowest BCUT2D eigenvalue weighted by Crippen LogP contribution is -2.19. The molecule has 10 heteroatoms. The maximum Gasteiger partial charge on any atom is 0.323 e. The molecule has 0 bridgehead atoms. The predicted octanol–water partition coefficient (Wildman–Crippen LogP) is 6.09. The summed E-state index contributed by atoms with van der Waals surface area (Å²) >= 11 is 17.6. The summed E-state index contributed by atoms with van der Waals surface area (Å²) in [6.45, 7) is 0. The second kappa shape index (κ2) is 8.92. The third-order valence-electron chi connectivity index (χ3n) is 3.70. The number of rotatable bonds is 5. The SMILES string of the molecule is O=C(Nc1ccc(Cl)cc1)Nc1ccc(S(=O)(=O)Nc2ccc(Cl)cc2Cl)cc1. The molecular weight excluding hydrogens is 457 g/mol. The Balaban J connectivity index is 1.67. The van der Waals surface area contributed by atoms with Crippen molar-refractivity contribution in [3.05, 3.63) is 81.8 Å². The largest absolute Gasteiger partial charge is 0.323 e. The maximum absolute atomic E-state index is 12.5. The zero-order chi connectivity index (χ0) is 21.0. The van der Waals surface area contributed by atoms with E-state index in [9.17, 15) is 13.2 Å². The van der Waals surface area contributed by atoms with Gasteiger partial charge in [0.1, 0.15) is 0 Å². The van der Waals surface area contributed by atoms with E-state index < -0.39 is 16.1 Å². The highest BCUT2D eigenvalue weighted by Crippen LogP contribution is 2.28. The Morgan fingerprint density at radius 1 is 0.724 bits per heavy atom. The second-order valence-corrected chi connectivity index (χ2v) is 8.80. The van der Waals surface area contributed by atoms with Crippen LogP contribution in [0.3, 0.4) is 0 Å². The zero-order valence-corrected chi connectivity index (χ0v) is 17.7. The summed E-state index contributed by atoms with van der Waals surface area (Å²) in [6, 6.07) is 16.2. The monoisotopic (exact) mass is 469 g/mol. The van der Waals surface area contributed by atoms with Crippen molar-refractivity contribution in [3.8, 4) is 0 Å². The number of urea groups is 1. The van der Waals surface area contributed by atoms with Gasteiger partial charge in [-0.2, -0.15) is 0 Å². The van der Waals surface area contributed by atoms with E-state index in [0.717, 1.165) is 0 Å². The lowest BCUT2D eigenvalue weighted by molar-refractivity contribution is 0.262. The van der Waals surface area contributed by atoms with Crippen LogP contribution in [-0.2, 0) is 10.0 Å². The van der Waals surface area contributed by atoms with Crippen LogP contribution in [0.2, 0.25) is 15.1 Å². The van der Waals surface area contributed by atoms with Crippen molar-refractivity contribution in [2.45, 2.75) is 4.90 Å². The Kier molecular flexibility index (Phi) is 6.54. The van der Waals surface area contributed by atoms with Gasteiger partial charge in [-0.25, -0.2) is 13.2 Å². The van der Waals surface area contributed by atoms with Gasteiger partial charge in [-0.15, -0.1) is 0 Å². The third-order valence-corrected chi connectivity index (χ3v) is 5.88. The number of hydrogen-bond donors (Lipinski definition) is 3. The van der Waals surface area contributed by atoms with Crippen LogP contribution in [0.5, 0.6) is 0 Å². The minimum atomic E-state index is -3.86. The van der Waals surface area contributed by atoms with Gasteiger partial charge in [-0.05, 0) is 66.7 Å². The lowest BCUT2D eigenvalue weighted by Gasteiger charge is -2.11. The van der Waals surface area contributed by atoms with Gasteiger partial charge in [-0.3, -0.25) is 4.72 Å². The van der Waals surface area contributed by atoms with E-state index in [-0.39, 0.29) is 15.6 Å². The standard InChI is InChI=1S/C19H14Cl3N3O3S/c20-12-1-4-14(5-2-12)23-19(26)24-15-6-8-16(9-7-15)29(27,28)25-18-10-3-13(21)11-17(18)22/h1-11,25H,(H2,23,24,26). The Bertz CT molecular complexity index is 1140. The molecule has 0 saturated heterocycles. The first kappa shape index (κ1) is 21.3. The quantitative estimate of drug-likeness (QED) is 0.421. The highest BCUT2D eigenvalue weighted by molar-refractivity contribution is 7.92. The molecule has 3 aromatic carbocycles. The number of nitrogens with one attached hydrogen (secondary N) is 3.